The highest BCUT2D eigenvalue weighted by Gasteiger charge is 2.12. The third-order valence-corrected chi connectivity index (χ3v) is 3.08. The number of carbonyl (C=O) groups is 1. The van der Waals surface area contributed by atoms with Crippen LogP contribution in [-0.2, 0) is 11.2 Å². The molecule has 1 aromatic heterocycles. The molecule has 0 aliphatic carbocycles. The summed E-state index contributed by atoms with van der Waals surface area (Å²) in [6.45, 7) is 0. The van der Waals surface area contributed by atoms with Gasteiger partial charge in [0.25, 0.3) is 0 Å². The third kappa shape index (κ3) is 3.80. The summed E-state index contributed by atoms with van der Waals surface area (Å²) in [4.78, 5) is 19.4. The molecule has 0 aliphatic heterocycles. The van der Waals surface area contributed by atoms with Gasteiger partial charge in [0.2, 0.25) is 5.91 Å². The normalized spacial score (nSPS) is 10.3. The van der Waals surface area contributed by atoms with Crippen LogP contribution in [0.3, 0.4) is 0 Å². The zero-order chi connectivity index (χ0) is 13.8. The maximum atomic E-state index is 11.9. The summed E-state index contributed by atoms with van der Waals surface area (Å²) in [5.41, 5.74) is 0.993. The second-order valence-electron chi connectivity index (χ2n) is 3.69. The Kier molecular flexibility index (Phi) is 4.58. The Morgan fingerprint density at radius 3 is 2.47 bits per heavy atom. The van der Waals surface area contributed by atoms with Gasteiger partial charge in [0.15, 0.2) is 10.3 Å². The van der Waals surface area contributed by atoms with Crippen molar-refractivity contribution in [2.75, 3.05) is 5.32 Å². The minimum atomic E-state index is -0.277. The summed E-state index contributed by atoms with van der Waals surface area (Å²) < 4.78 is 0. The number of nitrogens with zero attached hydrogens (tertiary/aromatic N) is 2. The third-order valence-electron chi connectivity index (χ3n) is 2.27. The molecule has 0 spiro atoms. The van der Waals surface area contributed by atoms with E-state index in [-0.39, 0.29) is 28.3 Å². The zero-order valence-corrected chi connectivity index (χ0v) is 11.8. The minimum Gasteiger partial charge on any atom is -0.321 e. The van der Waals surface area contributed by atoms with E-state index in [0.29, 0.717) is 5.02 Å². The van der Waals surface area contributed by atoms with Crippen LogP contribution in [0.15, 0.2) is 30.6 Å². The van der Waals surface area contributed by atoms with E-state index < -0.39 is 0 Å². The molecular formula is C12H8Cl3N3O. The molecule has 0 aliphatic rings. The topological polar surface area (TPSA) is 54.9 Å². The fourth-order valence-electron chi connectivity index (χ4n) is 1.46. The lowest BCUT2D eigenvalue weighted by atomic mass is 10.1. The second-order valence-corrected chi connectivity index (χ2v) is 4.84. The lowest BCUT2D eigenvalue weighted by Gasteiger charge is -2.07. The van der Waals surface area contributed by atoms with E-state index in [4.69, 9.17) is 34.8 Å². The highest BCUT2D eigenvalue weighted by molar-refractivity contribution is 6.38. The molecule has 98 valence electrons. The standard InChI is InChI=1S/C12H8Cl3N3O/c13-8-3-1-2-7(4-8)5-9(19)18-10-11(14)16-6-17-12(10)15/h1-4,6H,5H2,(H,18,19). The van der Waals surface area contributed by atoms with Crippen LogP contribution in [0.25, 0.3) is 0 Å². The predicted octanol–water partition coefficient (Wildman–Crippen LogP) is 3.62. The number of carbonyl (C=O) groups excluding carboxylic acids is 1. The molecule has 0 fully saturated rings. The first-order valence-electron chi connectivity index (χ1n) is 5.26. The van der Waals surface area contributed by atoms with Crippen molar-refractivity contribution >= 4 is 46.4 Å². The molecule has 1 heterocycles. The van der Waals surface area contributed by atoms with Crippen molar-refractivity contribution < 1.29 is 4.79 Å². The Labute approximate surface area is 124 Å². The van der Waals surface area contributed by atoms with Gasteiger partial charge < -0.3 is 5.32 Å². The van der Waals surface area contributed by atoms with E-state index in [0.717, 1.165) is 5.56 Å². The molecule has 19 heavy (non-hydrogen) atoms. The van der Waals surface area contributed by atoms with Crippen LogP contribution in [0.1, 0.15) is 5.56 Å². The van der Waals surface area contributed by atoms with Gasteiger partial charge in [-0.05, 0) is 17.7 Å². The van der Waals surface area contributed by atoms with Gasteiger partial charge in [-0.25, -0.2) is 9.97 Å². The average molecular weight is 317 g/mol. The van der Waals surface area contributed by atoms with Gasteiger partial charge in [-0.1, -0.05) is 46.9 Å². The molecule has 4 nitrogen and oxygen atoms in total. The first kappa shape index (κ1) is 14.1. The van der Waals surface area contributed by atoms with Gasteiger partial charge in [-0.3, -0.25) is 4.79 Å². The van der Waals surface area contributed by atoms with Crippen molar-refractivity contribution in [2.24, 2.45) is 0 Å². The quantitative estimate of drug-likeness (QED) is 0.880. The average Bonchev–Trinajstić information content (AvgIpc) is 2.34. The molecule has 0 bridgehead atoms. The fourth-order valence-corrected chi connectivity index (χ4v) is 2.09. The number of rotatable bonds is 3. The van der Waals surface area contributed by atoms with Crippen molar-refractivity contribution in [1.82, 2.24) is 9.97 Å². The van der Waals surface area contributed by atoms with Crippen molar-refractivity contribution in [3.05, 3.63) is 51.5 Å². The smallest absolute Gasteiger partial charge is 0.228 e. The number of nitrogens with one attached hydrogen (secondary N) is 1. The summed E-state index contributed by atoms with van der Waals surface area (Å²) in [6.07, 6.45) is 1.37. The lowest BCUT2D eigenvalue weighted by molar-refractivity contribution is -0.115. The van der Waals surface area contributed by atoms with Crippen LogP contribution in [0.4, 0.5) is 5.69 Å². The Balaban J connectivity index is 2.10. The highest BCUT2D eigenvalue weighted by Crippen LogP contribution is 2.25. The van der Waals surface area contributed by atoms with E-state index in [1.807, 2.05) is 0 Å². The molecule has 7 heteroatoms. The van der Waals surface area contributed by atoms with Crippen LogP contribution >= 0.6 is 34.8 Å². The molecule has 0 atom stereocenters. The Morgan fingerprint density at radius 2 is 1.84 bits per heavy atom. The fraction of sp³-hybridized carbons (Fsp3) is 0.0833. The van der Waals surface area contributed by atoms with E-state index in [9.17, 15) is 4.79 Å². The van der Waals surface area contributed by atoms with Gasteiger partial charge in [0.05, 0.1) is 6.42 Å². The van der Waals surface area contributed by atoms with Crippen LogP contribution in [-0.4, -0.2) is 15.9 Å². The number of anilines is 1. The Hall–Kier alpha value is -1.36. The summed E-state index contributed by atoms with van der Waals surface area (Å²) in [6, 6.07) is 7.03. The van der Waals surface area contributed by atoms with Gasteiger partial charge in [-0.15, -0.1) is 0 Å². The Bertz CT molecular complexity index is 599. The summed E-state index contributed by atoms with van der Waals surface area (Å²) >= 11 is 17.5. The monoisotopic (exact) mass is 315 g/mol. The molecule has 1 aromatic carbocycles. The van der Waals surface area contributed by atoms with Crippen molar-refractivity contribution in [1.29, 1.82) is 0 Å². The molecule has 2 rings (SSSR count). The van der Waals surface area contributed by atoms with Crippen molar-refractivity contribution in [2.45, 2.75) is 6.42 Å². The zero-order valence-electron chi connectivity index (χ0n) is 9.53. The molecule has 2 aromatic rings. The van der Waals surface area contributed by atoms with Crippen molar-refractivity contribution in [3.8, 4) is 0 Å². The van der Waals surface area contributed by atoms with E-state index >= 15 is 0 Å². The maximum Gasteiger partial charge on any atom is 0.228 e. The largest absolute Gasteiger partial charge is 0.321 e. The van der Waals surface area contributed by atoms with E-state index in [2.05, 4.69) is 15.3 Å². The van der Waals surface area contributed by atoms with Gasteiger partial charge in [0.1, 0.15) is 12.0 Å². The van der Waals surface area contributed by atoms with E-state index in [1.165, 1.54) is 6.33 Å². The van der Waals surface area contributed by atoms with Crippen LogP contribution in [0.5, 0.6) is 0 Å². The van der Waals surface area contributed by atoms with E-state index in [1.54, 1.807) is 24.3 Å². The number of hydrogen-bond acceptors (Lipinski definition) is 3. The number of aromatic nitrogens is 2. The molecule has 0 saturated carbocycles. The second kappa shape index (κ2) is 6.19. The predicted molar refractivity (Wildman–Crippen MR) is 75.8 cm³/mol. The molecule has 1 amide bonds. The first-order valence-corrected chi connectivity index (χ1v) is 6.40. The SMILES string of the molecule is O=C(Cc1cccc(Cl)c1)Nc1c(Cl)ncnc1Cl. The minimum absolute atomic E-state index is 0.0967. The number of amides is 1. The number of hydrogen-bond donors (Lipinski definition) is 1. The van der Waals surface area contributed by atoms with Crippen LogP contribution in [0.2, 0.25) is 15.3 Å². The molecule has 0 saturated heterocycles. The van der Waals surface area contributed by atoms with Gasteiger partial charge >= 0.3 is 0 Å². The Morgan fingerprint density at radius 1 is 1.16 bits per heavy atom. The van der Waals surface area contributed by atoms with Crippen LogP contribution < -0.4 is 5.32 Å². The number of benzene rings is 1. The summed E-state index contributed by atoms with van der Waals surface area (Å²) in [5, 5.41) is 3.34. The first-order chi connectivity index (χ1) is 9.06. The van der Waals surface area contributed by atoms with Crippen molar-refractivity contribution in [3.63, 3.8) is 0 Å². The maximum absolute atomic E-state index is 11.9. The highest BCUT2D eigenvalue weighted by atomic mass is 35.5. The molecule has 1 N–H and O–H groups in total. The summed E-state index contributed by atoms with van der Waals surface area (Å²) in [5.74, 6) is -0.277. The molecule has 0 radical (unpaired) electrons. The lowest BCUT2D eigenvalue weighted by Crippen LogP contribution is -2.15. The van der Waals surface area contributed by atoms with Gasteiger partial charge in [-0.2, -0.15) is 0 Å². The van der Waals surface area contributed by atoms with Gasteiger partial charge in [0, 0.05) is 5.02 Å². The van der Waals surface area contributed by atoms with Crippen LogP contribution in [0, 0.1) is 0 Å². The number of halogens is 3. The molecule has 0 unspecified atom stereocenters. The molecular weight excluding hydrogens is 309 g/mol. The summed E-state index contributed by atoms with van der Waals surface area (Å²) in [7, 11) is 0.